The predicted molar refractivity (Wildman–Crippen MR) is 66.2 cm³/mol. The molecule has 0 saturated carbocycles. The van der Waals surface area contributed by atoms with Crippen LogP contribution in [-0.4, -0.2) is 44.3 Å². The highest BCUT2D eigenvalue weighted by molar-refractivity contribution is 5.01. The van der Waals surface area contributed by atoms with Crippen molar-refractivity contribution in [3.63, 3.8) is 0 Å². The van der Waals surface area contributed by atoms with Gasteiger partial charge in [-0.2, -0.15) is 4.98 Å². The minimum atomic E-state index is -0.0155. The third-order valence-corrected chi connectivity index (χ3v) is 3.32. The van der Waals surface area contributed by atoms with Crippen LogP contribution in [0, 0.1) is 6.92 Å². The lowest BCUT2D eigenvalue weighted by atomic mass is 10.1. The molecule has 1 fully saturated rings. The lowest BCUT2D eigenvalue weighted by molar-refractivity contribution is -0.0766. The van der Waals surface area contributed by atoms with Crippen LogP contribution in [0.15, 0.2) is 17.0 Å². The fraction of sp³-hybridized carbons (Fsp3) is 0.583. The van der Waals surface area contributed by atoms with Crippen LogP contribution in [0.2, 0.25) is 0 Å². The Kier molecular flexibility index (Phi) is 3.31. The van der Waals surface area contributed by atoms with E-state index in [0.717, 1.165) is 18.8 Å². The average molecular weight is 263 g/mol. The average Bonchev–Trinajstić information content (AvgIpc) is 3.01. The van der Waals surface area contributed by atoms with Crippen LogP contribution < -0.4 is 0 Å². The molecule has 3 heterocycles. The van der Waals surface area contributed by atoms with Gasteiger partial charge in [0.15, 0.2) is 5.82 Å². The van der Waals surface area contributed by atoms with Crippen LogP contribution in [-0.2, 0) is 11.3 Å². The highest BCUT2D eigenvalue weighted by Crippen LogP contribution is 2.29. The second kappa shape index (κ2) is 5.10. The largest absolute Gasteiger partial charge is 0.375 e. The number of morpholine rings is 1. The number of aromatic amines is 1. The van der Waals surface area contributed by atoms with Gasteiger partial charge in [0, 0.05) is 25.0 Å². The van der Waals surface area contributed by atoms with Crippen LogP contribution in [0.5, 0.6) is 0 Å². The molecular formula is C12H17N5O2. The number of rotatable bonds is 3. The van der Waals surface area contributed by atoms with Crippen molar-refractivity contribution in [1.82, 2.24) is 25.0 Å². The number of hydrogen-bond donors (Lipinski definition) is 1. The third kappa shape index (κ3) is 2.52. The Morgan fingerprint density at radius 2 is 2.42 bits per heavy atom. The number of H-pyrrole nitrogens is 1. The Hall–Kier alpha value is -1.73. The molecule has 3 rings (SSSR count). The molecule has 1 aliphatic heterocycles. The van der Waals surface area contributed by atoms with Crippen molar-refractivity contribution in [2.24, 2.45) is 0 Å². The highest BCUT2D eigenvalue weighted by Gasteiger charge is 2.35. The third-order valence-electron chi connectivity index (χ3n) is 3.32. The van der Waals surface area contributed by atoms with E-state index in [1.807, 2.05) is 20.0 Å². The quantitative estimate of drug-likeness (QED) is 0.892. The minimum Gasteiger partial charge on any atom is -0.375 e. The maximum atomic E-state index is 5.71. The Bertz CT molecular complexity index is 524. The molecule has 0 amide bonds. The van der Waals surface area contributed by atoms with Gasteiger partial charge in [0.2, 0.25) is 5.89 Å². The zero-order chi connectivity index (χ0) is 13.2. The number of nitrogens with one attached hydrogen (secondary N) is 1. The smallest absolute Gasteiger partial charge is 0.246 e. The van der Waals surface area contributed by atoms with Crippen molar-refractivity contribution in [2.45, 2.75) is 32.5 Å². The minimum absolute atomic E-state index is 0.0155. The monoisotopic (exact) mass is 263 g/mol. The Morgan fingerprint density at radius 3 is 3.11 bits per heavy atom. The standard InChI is InChI=1S/C12H17N5O2/c1-8-11(12-15-9(2)16-19-12)17(3-4-18-8)6-10-5-13-7-14-10/h5,7-8,11H,3-4,6H2,1-2H3,(H,13,14)/t8-,11+/m1/s1. The van der Waals surface area contributed by atoms with Crippen LogP contribution >= 0.6 is 0 Å². The lowest BCUT2D eigenvalue weighted by Crippen LogP contribution is -2.43. The number of aromatic nitrogens is 4. The van der Waals surface area contributed by atoms with Crippen molar-refractivity contribution in [3.8, 4) is 0 Å². The topological polar surface area (TPSA) is 80.1 Å². The van der Waals surface area contributed by atoms with Gasteiger partial charge in [0.1, 0.15) is 6.04 Å². The van der Waals surface area contributed by atoms with Gasteiger partial charge in [-0.1, -0.05) is 5.16 Å². The summed E-state index contributed by atoms with van der Waals surface area (Å²) in [6.45, 7) is 6.15. The first-order valence-electron chi connectivity index (χ1n) is 6.37. The molecule has 0 aromatic carbocycles. The van der Waals surface area contributed by atoms with E-state index in [2.05, 4.69) is 25.0 Å². The number of nitrogens with zero attached hydrogens (tertiary/aromatic N) is 4. The van der Waals surface area contributed by atoms with Crippen LogP contribution in [0.4, 0.5) is 0 Å². The summed E-state index contributed by atoms with van der Waals surface area (Å²) in [6, 6.07) is -0.0155. The van der Waals surface area contributed by atoms with Crippen molar-refractivity contribution >= 4 is 0 Å². The molecule has 2 aromatic heterocycles. The molecule has 2 atom stereocenters. The molecule has 102 valence electrons. The molecule has 1 aliphatic rings. The van der Waals surface area contributed by atoms with E-state index in [-0.39, 0.29) is 12.1 Å². The van der Waals surface area contributed by atoms with Crippen molar-refractivity contribution in [3.05, 3.63) is 29.9 Å². The number of aryl methyl sites for hydroxylation is 1. The Labute approximate surface area is 111 Å². The predicted octanol–water partition coefficient (Wildman–Crippen LogP) is 1.06. The molecule has 0 aliphatic carbocycles. The first-order valence-corrected chi connectivity index (χ1v) is 6.37. The molecule has 0 spiro atoms. The van der Waals surface area contributed by atoms with E-state index < -0.39 is 0 Å². The Morgan fingerprint density at radius 1 is 1.53 bits per heavy atom. The van der Waals surface area contributed by atoms with E-state index >= 15 is 0 Å². The summed E-state index contributed by atoms with van der Waals surface area (Å²) in [5.74, 6) is 1.26. The molecule has 19 heavy (non-hydrogen) atoms. The van der Waals surface area contributed by atoms with Crippen LogP contribution in [0.25, 0.3) is 0 Å². The first-order chi connectivity index (χ1) is 9.24. The fourth-order valence-corrected chi connectivity index (χ4v) is 2.44. The molecule has 7 nitrogen and oxygen atoms in total. The van der Waals surface area contributed by atoms with Gasteiger partial charge in [-0.15, -0.1) is 0 Å². The van der Waals surface area contributed by atoms with Crippen molar-refractivity contribution < 1.29 is 9.26 Å². The van der Waals surface area contributed by atoms with Crippen LogP contribution in [0.3, 0.4) is 0 Å². The zero-order valence-electron chi connectivity index (χ0n) is 11.0. The van der Waals surface area contributed by atoms with Gasteiger partial charge in [0.05, 0.1) is 19.0 Å². The molecule has 0 unspecified atom stereocenters. The summed E-state index contributed by atoms with van der Waals surface area (Å²) in [7, 11) is 0. The maximum Gasteiger partial charge on any atom is 0.246 e. The molecule has 1 N–H and O–H groups in total. The van der Waals surface area contributed by atoms with E-state index in [1.165, 1.54) is 0 Å². The second-order valence-electron chi connectivity index (χ2n) is 4.75. The maximum absolute atomic E-state index is 5.71. The summed E-state index contributed by atoms with van der Waals surface area (Å²) in [4.78, 5) is 13.8. The van der Waals surface area contributed by atoms with Gasteiger partial charge in [-0.05, 0) is 13.8 Å². The zero-order valence-corrected chi connectivity index (χ0v) is 11.0. The van der Waals surface area contributed by atoms with Crippen molar-refractivity contribution in [2.75, 3.05) is 13.2 Å². The fourth-order valence-electron chi connectivity index (χ4n) is 2.44. The van der Waals surface area contributed by atoms with Gasteiger partial charge < -0.3 is 14.2 Å². The van der Waals surface area contributed by atoms with Crippen molar-refractivity contribution in [1.29, 1.82) is 0 Å². The van der Waals surface area contributed by atoms with Gasteiger partial charge in [0.25, 0.3) is 0 Å². The van der Waals surface area contributed by atoms with Crippen LogP contribution in [0.1, 0.15) is 30.4 Å². The summed E-state index contributed by atoms with van der Waals surface area (Å²) >= 11 is 0. The number of hydrogen-bond acceptors (Lipinski definition) is 6. The first kappa shape index (κ1) is 12.3. The second-order valence-corrected chi connectivity index (χ2v) is 4.75. The summed E-state index contributed by atoms with van der Waals surface area (Å²) in [5.41, 5.74) is 1.07. The SMILES string of the molecule is Cc1noc([C@@H]2[C@@H](C)OCCN2Cc2cnc[nH]2)n1. The summed E-state index contributed by atoms with van der Waals surface area (Å²) in [6.07, 6.45) is 3.54. The van der Waals surface area contributed by atoms with E-state index in [0.29, 0.717) is 18.3 Å². The molecule has 1 saturated heterocycles. The molecule has 0 bridgehead atoms. The number of imidazole rings is 1. The summed E-state index contributed by atoms with van der Waals surface area (Å²) < 4.78 is 11.0. The molecule has 7 heteroatoms. The Balaban J connectivity index is 1.83. The molecule has 2 aromatic rings. The lowest BCUT2D eigenvalue weighted by Gasteiger charge is -2.37. The molecular weight excluding hydrogens is 246 g/mol. The van der Waals surface area contributed by atoms with Gasteiger partial charge in [-0.3, -0.25) is 4.90 Å². The van der Waals surface area contributed by atoms with Gasteiger partial charge >= 0.3 is 0 Å². The van der Waals surface area contributed by atoms with E-state index in [1.54, 1.807) is 6.33 Å². The number of ether oxygens (including phenoxy) is 1. The molecule has 0 radical (unpaired) electrons. The summed E-state index contributed by atoms with van der Waals surface area (Å²) in [5, 5.41) is 3.87. The van der Waals surface area contributed by atoms with E-state index in [9.17, 15) is 0 Å². The highest BCUT2D eigenvalue weighted by atomic mass is 16.5. The normalized spacial score (nSPS) is 24.7. The van der Waals surface area contributed by atoms with E-state index in [4.69, 9.17) is 9.26 Å². The van der Waals surface area contributed by atoms with Gasteiger partial charge in [-0.25, -0.2) is 4.98 Å².